The average molecular weight is 344 g/mol. The molecule has 0 spiro atoms. The summed E-state index contributed by atoms with van der Waals surface area (Å²) in [5, 5.41) is 13.7. The quantitative estimate of drug-likeness (QED) is 0.840. The van der Waals surface area contributed by atoms with Crippen molar-refractivity contribution in [3.63, 3.8) is 0 Å². The molecule has 3 heterocycles. The summed E-state index contributed by atoms with van der Waals surface area (Å²) in [4.78, 5) is 6.92. The minimum Gasteiger partial charge on any atom is -0.351 e. The van der Waals surface area contributed by atoms with Crippen LogP contribution in [0.5, 0.6) is 0 Å². The van der Waals surface area contributed by atoms with Gasteiger partial charge in [-0.05, 0) is 46.8 Å². The molecule has 0 amide bonds. The minimum atomic E-state index is 0.359. The van der Waals surface area contributed by atoms with Crippen LogP contribution in [-0.4, -0.2) is 27.9 Å². The topological polar surface area (TPSA) is 57.7 Å². The van der Waals surface area contributed by atoms with Crippen LogP contribution in [0.15, 0.2) is 22.9 Å². The predicted octanol–water partition coefficient (Wildman–Crippen LogP) is 2.46. The van der Waals surface area contributed by atoms with Gasteiger partial charge in [-0.3, -0.25) is 4.68 Å². The van der Waals surface area contributed by atoms with Crippen molar-refractivity contribution < 1.29 is 0 Å². The molecule has 1 aliphatic carbocycles. The second-order valence-corrected chi connectivity index (χ2v) is 6.54. The van der Waals surface area contributed by atoms with E-state index in [1.54, 1.807) is 6.20 Å². The second-order valence-electron chi connectivity index (χ2n) is 5.63. The molecule has 0 bridgehead atoms. The molecular weight excluding hydrogens is 330 g/mol. The van der Waals surface area contributed by atoms with Gasteiger partial charge in [0.2, 0.25) is 0 Å². The van der Waals surface area contributed by atoms with Crippen molar-refractivity contribution in [1.82, 2.24) is 14.8 Å². The Hall–Kier alpha value is -1.87. The Morgan fingerprint density at radius 1 is 1.33 bits per heavy atom. The highest BCUT2D eigenvalue weighted by Gasteiger charge is 2.32. The lowest BCUT2D eigenvalue weighted by Crippen LogP contribution is -2.48. The molecule has 0 N–H and O–H groups in total. The smallest absolute Gasteiger partial charge is 0.146 e. The highest BCUT2D eigenvalue weighted by Crippen LogP contribution is 2.32. The third-order valence-electron chi connectivity index (χ3n) is 4.26. The van der Waals surface area contributed by atoms with E-state index in [0.29, 0.717) is 11.6 Å². The monoisotopic (exact) mass is 343 g/mol. The molecule has 5 nitrogen and oxygen atoms in total. The lowest BCUT2D eigenvalue weighted by molar-refractivity contribution is 0.365. The zero-order valence-electron chi connectivity index (χ0n) is 11.5. The van der Waals surface area contributed by atoms with Crippen LogP contribution in [-0.2, 0) is 12.8 Å². The minimum absolute atomic E-state index is 0.359. The summed E-state index contributed by atoms with van der Waals surface area (Å²) >= 11 is 3.42. The number of nitriles is 1. The third kappa shape index (κ3) is 2.12. The lowest BCUT2D eigenvalue weighted by Gasteiger charge is -2.40. The molecule has 106 valence electrons. The van der Waals surface area contributed by atoms with Crippen molar-refractivity contribution in [2.24, 2.45) is 0 Å². The summed E-state index contributed by atoms with van der Waals surface area (Å²) in [5.41, 5.74) is 3.13. The van der Waals surface area contributed by atoms with Gasteiger partial charge >= 0.3 is 0 Å². The van der Waals surface area contributed by atoms with Crippen LogP contribution < -0.4 is 4.90 Å². The van der Waals surface area contributed by atoms with Crippen molar-refractivity contribution in [2.45, 2.75) is 25.3 Å². The molecule has 1 saturated heterocycles. The number of hydrogen-bond donors (Lipinski definition) is 0. The van der Waals surface area contributed by atoms with Crippen LogP contribution in [0, 0.1) is 11.3 Å². The van der Waals surface area contributed by atoms with Gasteiger partial charge in [0.25, 0.3) is 0 Å². The largest absolute Gasteiger partial charge is 0.351 e. The fraction of sp³-hybridized carbons (Fsp3) is 0.400. The Morgan fingerprint density at radius 2 is 2.19 bits per heavy atom. The number of hydrogen-bond acceptors (Lipinski definition) is 4. The summed E-state index contributed by atoms with van der Waals surface area (Å²) in [6.45, 7) is 1.71. The number of nitrogens with zero attached hydrogens (tertiary/aromatic N) is 5. The number of anilines is 1. The summed E-state index contributed by atoms with van der Waals surface area (Å²) in [6.07, 6.45) is 7.04. The zero-order chi connectivity index (χ0) is 14.4. The van der Waals surface area contributed by atoms with Crippen molar-refractivity contribution in [3.8, 4) is 6.07 Å². The first-order chi connectivity index (χ1) is 10.2. The van der Waals surface area contributed by atoms with E-state index in [1.165, 1.54) is 11.3 Å². The molecule has 0 radical (unpaired) electrons. The van der Waals surface area contributed by atoms with E-state index < -0.39 is 0 Å². The first-order valence-corrected chi connectivity index (χ1v) is 7.91. The molecule has 2 aromatic heterocycles. The lowest BCUT2D eigenvalue weighted by atomic mass is 10.1. The van der Waals surface area contributed by atoms with Crippen LogP contribution >= 0.6 is 15.9 Å². The molecule has 0 saturated carbocycles. The van der Waals surface area contributed by atoms with E-state index in [1.807, 2.05) is 16.9 Å². The van der Waals surface area contributed by atoms with Crippen LogP contribution in [0.1, 0.15) is 29.3 Å². The number of fused-ring (bicyclic) bond motifs is 1. The number of aromatic nitrogens is 3. The highest BCUT2D eigenvalue weighted by atomic mass is 79.9. The first kappa shape index (κ1) is 12.8. The van der Waals surface area contributed by atoms with Gasteiger partial charge < -0.3 is 4.90 Å². The van der Waals surface area contributed by atoms with Gasteiger partial charge in [-0.15, -0.1) is 0 Å². The van der Waals surface area contributed by atoms with E-state index >= 15 is 0 Å². The Labute approximate surface area is 131 Å². The molecule has 6 heteroatoms. The molecule has 1 aliphatic heterocycles. The standard InChI is InChI=1S/C15H14BrN5/c16-12-6-18-21(7-12)13-8-20(9-13)15-11(5-17)4-10-2-1-3-14(10)19-15/h4,6-7,13H,1-3,8-9H2. The van der Waals surface area contributed by atoms with E-state index in [0.717, 1.165) is 42.6 Å². The van der Waals surface area contributed by atoms with Crippen LogP contribution in [0.2, 0.25) is 0 Å². The normalized spacial score (nSPS) is 17.4. The predicted molar refractivity (Wildman–Crippen MR) is 82.2 cm³/mol. The zero-order valence-corrected chi connectivity index (χ0v) is 13.0. The fourth-order valence-electron chi connectivity index (χ4n) is 3.09. The van der Waals surface area contributed by atoms with Crippen molar-refractivity contribution in [2.75, 3.05) is 18.0 Å². The van der Waals surface area contributed by atoms with E-state index in [4.69, 9.17) is 4.98 Å². The van der Waals surface area contributed by atoms with Gasteiger partial charge in [0, 0.05) is 25.0 Å². The van der Waals surface area contributed by atoms with Crippen molar-refractivity contribution >= 4 is 21.7 Å². The van der Waals surface area contributed by atoms with Crippen LogP contribution in [0.3, 0.4) is 0 Å². The summed E-state index contributed by atoms with van der Waals surface area (Å²) in [7, 11) is 0. The third-order valence-corrected chi connectivity index (χ3v) is 4.67. The van der Waals surface area contributed by atoms with Crippen LogP contribution in [0.4, 0.5) is 5.82 Å². The molecular formula is C15H14BrN5. The average Bonchev–Trinajstić information content (AvgIpc) is 3.04. The molecule has 4 rings (SSSR count). The van der Waals surface area contributed by atoms with Gasteiger partial charge in [0.05, 0.1) is 22.3 Å². The van der Waals surface area contributed by atoms with Crippen LogP contribution in [0.25, 0.3) is 0 Å². The molecule has 2 aromatic rings. The van der Waals surface area contributed by atoms with Crippen molar-refractivity contribution in [3.05, 3.63) is 39.8 Å². The fourth-order valence-corrected chi connectivity index (χ4v) is 3.40. The molecule has 2 aliphatic rings. The molecule has 0 unspecified atom stereocenters. The van der Waals surface area contributed by atoms with Gasteiger partial charge in [0.15, 0.2) is 0 Å². The number of aryl methyl sites for hydroxylation is 2. The molecule has 0 atom stereocenters. The first-order valence-electron chi connectivity index (χ1n) is 7.12. The van der Waals surface area contributed by atoms with Gasteiger partial charge in [-0.1, -0.05) is 0 Å². The van der Waals surface area contributed by atoms with E-state index in [9.17, 15) is 5.26 Å². The molecule has 1 fully saturated rings. The maximum Gasteiger partial charge on any atom is 0.146 e. The Balaban J connectivity index is 1.57. The number of halogens is 1. The van der Waals surface area contributed by atoms with Crippen molar-refractivity contribution in [1.29, 1.82) is 5.26 Å². The van der Waals surface area contributed by atoms with Gasteiger partial charge in [-0.25, -0.2) is 4.98 Å². The van der Waals surface area contributed by atoms with Gasteiger partial charge in [0.1, 0.15) is 11.9 Å². The summed E-state index contributed by atoms with van der Waals surface area (Å²) < 4.78 is 2.97. The Morgan fingerprint density at radius 3 is 2.90 bits per heavy atom. The molecule has 0 aromatic carbocycles. The maximum atomic E-state index is 9.36. The van der Waals surface area contributed by atoms with Gasteiger partial charge in [-0.2, -0.15) is 10.4 Å². The summed E-state index contributed by atoms with van der Waals surface area (Å²) in [5.74, 6) is 0.848. The highest BCUT2D eigenvalue weighted by molar-refractivity contribution is 9.10. The van der Waals surface area contributed by atoms with E-state index in [-0.39, 0.29) is 0 Å². The second kappa shape index (κ2) is 4.85. The summed E-state index contributed by atoms with van der Waals surface area (Å²) in [6, 6.07) is 4.69. The van der Waals surface area contributed by atoms with E-state index in [2.05, 4.69) is 32.0 Å². The molecule has 21 heavy (non-hydrogen) atoms. The Bertz CT molecular complexity index is 739. The Kier molecular flexibility index (Phi) is 2.96. The number of rotatable bonds is 2. The SMILES string of the molecule is N#Cc1cc2c(nc1N1CC(n3cc(Br)cn3)C1)CCC2. The maximum absolute atomic E-state index is 9.36. The number of pyridine rings is 1.